The first-order valence-corrected chi connectivity index (χ1v) is 7.70. The quantitative estimate of drug-likeness (QED) is 0.843. The molecule has 110 valence electrons. The van der Waals surface area contributed by atoms with Crippen molar-refractivity contribution in [2.45, 2.75) is 20.3 Å². The Morgan fingerprint density at radius 3 is 2.76 bits per heavy atom. The van der Waals surface area contributed by atoms with E-state index in [4.69, 9.17) is 4.74 Å². The van der Waals surface area contributed by atoms with Gasteiger partial charge in [0.1, 0.15) is 5.75 Å². The molecule has 0 aromatic heterocycles. The first kappa shape index (κ1) is 15.6. The van der Waals surface area contributed by atoms with E-state index in [1.54, 1.807) is 0 Å². The van der Waals surface area contributed by atoms with E-state index in [2.05, 4.69) is 21.2 Å². The molecule has 0 atom stereocenters. The standard InChI is InChI=1S/C17H18BrNO2/c1-3-10-21-16-7-5-4-6-15(16)19-17(20)13-11-12(2)8-9-14(13)18/h4-9,11H,3,10H2,1-2H3,(H,19,20). The molecule has 0 radical (unpaired) electrons. The number of anilines is 1. The smallest absolute Gasteiger partial charge is 0.256 e. The predicted molar refractivity (Wildman–Crippen MR) is 89.1 cm³/mol. The summed E-state index contributed by atoms with van der Waals surface area (Å²) in [5, 5.41) is 2.91. The van der Waals surface area contributed by atoms with Gasteiger partial charge in [-0.2, -0.15) is 0 Å². The number of amides is 1. The van der Waals surface area contributed by atoms with Crippen molar-refractivity contribution in [3.8, 4) is 5.75 Å². The Labute approximate surface area is 133 Å². The number of hydrogen-bond donors (Lipinski definition) is 1. The van der Waals surface area contributed by atoms with Gasteiger partial charge >= 0.3 is 0 Å². The monoisotopic (exact) mass is 347 g/mol. The first-order chi connectivity index (χ1) is 10.1. The van der Waals surface area contributed by atoms with Gasteiger partial charge in [-0.15, -0.1) is 0 Å². The Kier molecular flexibility index (Phi) is 5.39. The molecule has 4 heteroatoms. The number of carbonyl (C=O) groups excluding carboxylic acids is 1. The third-order valence-corrected chi connectivity index (χ3v) is 3.65. The zero-order valence-corrected chi connectivity index (χ0v) is 13.7. The highest BCUT2D eigenvalue weighted by Crippen LogP contribution is 2.26. The maximum atomic E-state index is 12.4. The maximum absolute atomic E-state index is 12.4. The fraction of sp³-hybridized carbons (Fsp3) is 0.235. The SMILES string of the molecule is CCCOc1ccccc1NC(=O)c1cc(C)ccc1Br. The van der Waals surface area contributed by atoms with E-state index in [1.165, 1.54) is 0 Å². The van der Waals surface area contributed by atoms with E-state index in [0.717, 1.165) is 16.5 Å². The van der Waals surface area contributed by atoms with Gasteiger partial charge in [0, 0.05) is 4.47 Å². The molecular formula is C17H18BrNO2. The lowest BCUT2D eigenvalue weighted by molar-refractivity contribution is 0.102. The number of para-hydroxylation sites is 2. The summed E-state index contributed by atoms with van der Waals surface area (Å²) >= 11 is 3.41. The fourth-order valence-electron chi connectivity index (χ4n) is 1.91. The summed E-state index contributed by atoms with van der Waals surface area (Å²) in [5.41, 5.74) is 2.34. The van der Waals surface area contributed by atoms with Gasteiger partial charge in [0.05, 0.1) is 17.9 Å². The summed E-state index contributed by atoms with van der Waals surface area (Å²) in [6.07, 6.45) is 0.922. The second kappa shape index (κ2) is 7.27. The first-order valence-electron chi connectivity index (χ1n) is 6.91. The topological polar surface area (TPSA) is 38.3 Å². The summed E-state index contributed by atoms with van der Waals surface area (Å²) in [5.74, 6) is 0.537. The minimum absolute atomic E-state index is 0.155. The molecule has 0 saturated heterocycles. The van der Waals surface area contributed by atoms with Crippen molar-refractivity contribution < 1.29 is 9.53 Å². The van der Waals surface area contributed by atoms with Crippen molar-refractivity contribution in [3.63, 3.8) is 0 Å². The number of hydrogen-bond acceptors (Lipinski definition) is 2. The second-order valence-corrected chi connectivity index (χ2v) is 5.64. The molecule has 21 heavy (non-hydrogen) atoms. The van der Waals surface area contributed by atoms with Crippen molar-refractivity contribution in [2.75, 3.05) is 11.9 Å². The normalized spacial score (nSPS) is 10.2. The van der Waals surface area contributed by atoms with Crippen LogP contribution < -0.4 is 10.1 Å². The molecule has 0 saturated carbocycles. The Balaban J connectivity index is 2.21. The number of nitrogens with one attached hydrogen (secondary N) is 1. The van der Waals surface area contributed by atoms with E-state index in [1.807, 2.05) is 56.3 Å². The minimum Gasteiger partial charge on any atom is -0.491 e. The van der Waals surface area contributed by atoms with Gasteiger partial charge in [-0.25, -0.2) is 0 Å². The summed E-state index contributed by atoms with van der Waals surface area (Å²) < 4.78 is 6.43. The molecule has 0 unspecified atom stereocenters. The molecule has 2 rings (SSSR count). The molecule has 0 heterocycles. The van der Waals surface area contributed by atoms with Crippen LogP contribution in [0.3, 0.4) is 0 Å². The van der Waals surface area contributed by atoms with Crippen molar-refractivity contribution in [2.24, 2.45) is 0 Å². The van der Waals surface area contributed by atoms with Crippen LogP contribution in [0.5, 0.6) is 5.75 Å². The number of benzene rings is 2. The highest BCUT2D eigenvalue weighted by Gasteiger charge is 2.12. The Hall–Kier alpha value is -1.81. The summed E-state index contributed by atoms with van der Waals surface area (Å²) in [6.45, 7) is 4.63. The zero-order valence-electron chi connectivity index (χ0n) is 12.2. The van der Waals surface area contributed by atoms with Gasteiger partial charge in [0.15, 0.2) is 0 Å². The lowest BCUT2D eigenvalue weighted by atomic mass is 10.1. The van der Waals surface area contributed by atoms with Gasteiger partial charge in [-0.3, -0.25) is 4.79 Å². The number of carbonyl (C=O) groups is 1. The van der Waals surface area contributed by atoms with Gasteiger partial charge in [-0.05, 0) is 53.5 Å². The molecule has 0 aliphatic heterocycles. The summed E-state index contributed by atoms with van der Waals surface area (Å²) in [4.78, 5) is 12.4. The lowest BCUT2D eigenvalue weighted by Crippen LogP contribution is -2.14. The van der Waals surface area contributed by atoms with Crippen molar-refractivity contribution in [1.29, 1.82) is 0 Å². The minimum atomic E-state index is -0.155. The van der Waals surface area contributed by atoms with Crippen LogP contribution >= 0.6 is 15.9 Å². The van der Waals surface area contributed by atoms with Crippen molar-refractivity contribution in [1.82, 2.24) is 0 Å². The van der Waals surface area contributed by atoms with E-state index >= 15 is 0 Å². The van der Waals surface area contributed by atoms with Crippen LogP contribution in [0.15, 0.2) is 46.9 Å². The molecule has 0 bridgehead atoms. The molecule has 0 fully saturated rings. The number of ether oxygens (including phenoxy) is 1. The molecular weight excluding hydrogens is 330 g/mol. The van der Waals surface area contributed by atoms with Crippen LogP contribution in [0.4, 0.5) is 5.69 Å². The lowest BCUT2D eigenvalue weighted by Gasteiger charge is -2.12. The molecule has 1 N–H and O–H groups in total. The van der Waals surface area contributed by atoms with Gasteiger partial charge in [0.2, 0.25) is 0 Å². The molecule has 0 aliphatic rings. The number of halogens is 1. The second-order valence-electron chi connectivity index (χ2n) is 4.78. The Morgan fingerprint density at radius 1 is 1.24 bits per heavy atom. The molecule has 1 amide bonds. The number of aryl methyl sites for hydroxylation is 1. The fourth-order valence-corrected chi connectivity index (χ4v) is 2.34. The molecule has 2 aromatic carbocycles. The molecule has 3 nitrogen and oxygen atoms in total. The van der Waals surface area contributed by atoms with Gasteiger partial charge in [-0.1, -0.05) is 30.7 Å². The average molecular weight is 348 g/mol. The highest BCUT2D eigenvalue weighted by atomic mass is 79.9. The highest BCUT2D eigenvalue weighted by molar-refractivity contribution is 9.10. The maximum Gasteiger partial charge on any atom is 0.256 e. The third kappa shape index (κ3) is 4.08. The van der Waals surface area contributed by atoms with Gasteiger partial charge in [0.25, 0.3) is 5.91 Å². The average Bonchev–Trinajstić information content (AvgIpc) is 2.48. The van der Waals surface area contributed by atoms with E-state index in [9.17, 15) is 4.79 Å². The summed E-state index contributed by atoms with van der Waals surface area (Å²) in [7, 11) is 0. The van der Waals surface area contributed by atoms with Crippen LogP contribution in [0.25, 0.3) is 0 Å². The van der Waals surface area contributed by atoms with Crippen LogP contribution in [-0.4, -0.2) is 12.5 Å². The van der Waals surface area contributed by atoms with E-state index in [0.29, 0.717) is 23.6 Å². The largest absolute Gasteiger partial charge is 0.491 e. The van der Waals surface area contributed by atoms with Crippen LogP contribution in [0.1, 0.15) is 29.3 Å². The zero-order chi connectivity index (χ0) is 15.2. The van der Waals surface area contributed by atoms with Crippen molar-refractivity contribution in [3.05, 3.63) is 58.1 Å². The Morgan fingerprint density at radius 2 is 2.00 bits per heavy atom. The van der Waals surface area contributed by atoms with E-state index in [-0.39, 0.29) is 5.91 Å². The third-order valence-electron chi connectivity index (χ3n) is 2.96. The van der Waals surface area contributed by atoms with Crippen LogP contribution in [-0.2, 0) is 0 Å². The van der Waals surface area contributed by atoms with Crippen molar-refractivity contribution >= 4 is 27.5 Å². The Bertz CT molecular complexity index is 640. The molecule has 0 spiro atoms. The van der Waals surface area contributed by atoms with Crippen LogP contribution in [0.2, 0.25) is 0 Å². The van der Waals surface area contributed by atoms with Crippen LogP contribution in [0, 0.1) is 6.92 Å². The van der Waals surface area contributed by atoms with Gasteiger partial charge < -0.3 is 10.1 Å². The molecule has 0 aliphatic carbocycles. The predicted octanol–water partition coefficient (Wildman–Crippen LogP) is 4.80. The number of rotatable bonds is 5. The summed E-state index contributed by atoms with van der Waals surface area (Å²) in [6, 6.07) is 13.2. The molecule has 2 aromatic rings. The van der Waals surface area contributed by atoms with E-state index < -0.39 is 0 Å².